The van der Waals surface area contributed by atoms with Crippen LogP contribution in [-0.2, 0) is 4.74 Å². The largest absolute Gasteiger partial charge is 0.491 e. The number of aryl methyl sites for hydroxylation is 1. The molecule has 0 heterocycles. The van der Waals surface area contributed by atoms with Crippen molar-refractivity contribution in [3.63, 3.8) is 0 Å². The number of hydrogen-bond donors (Lipinski definition) is 2. The number of benzene rings is 1. The number of nitrogens with one attached hydrogen (secondary N) is 1. The van der Waals surface area contributed by atoms with Crippen LogP contribution in [0.5, 0.6) is 5.75 Å². The van der Waals surface area contributed by atoms with Gasteiger partial charge in [0.1, 0.15) is 18.2 Å². The maximum atomic E-state index is 7.29. The lowest BCUT2D eigenvalue weighted by Crippen LogP contribution is -2.11. The number of amidine groups is 1. The quantitative estimate of drug-likeness (QED) is 0.435. The Hall–Kier alpha value is -1.55. The molecular weight excluding hydrogens is 192 g/mol. The van der Waals surface area contributed by atoms with Gasteiger partial charge in [0.2, 0.25) is 0 Å². The SMILES string of the molecule is COCCOc1ccc(C(=N)N)cc1C. The first-order valence-corrected chi connectivity index (χ1v) is 4.72. The predicted molar refractivity (Wildman–Crippen MR) is 59.6 cm³/mol. The first kappa shape index (κ1) is 11.5. The van der Waals surface area contributed by atoms with E-state index >= 15 is 0 Å². The van der Waals surface area contributed by atoms with Crippen molar-refractivity contribution in [1.82, 2.24) is 0 Å². The smallest absolute Gasteiger partial charge is 0.122 e. The van der Waals surface area contributed by atoms with Crippen LogP contribution in [0.3, 0.4) is 0 Å². The van der Waals surface area contributed by atoms with Gasteiger partial charge in [0.05, 0.1) is 6.61 Å². The third-order valence-corrected chi connectivity index (χ3v) is 2.03. The summed E-state index contributed by atoms with van der Waals surface area (Å²) in [6.45, 7) is 3.01. The lowest BCUT2D eigenvalue weighted by atomic mass is 10.1. The van der Waals surface area contributed by atoms with E-state index in [-0.39, 0.29) is 5.84 Å². The Morgan fingerprint density at radius 2 is 2.13 bits per heavy atom. The molecule has 4 nitrogen and oxygen atoms in total. The van der Waals surface area contributed by atoms with Crippen molar-refractivity contribution in [1.29, 1.82) is 5.41 Å². The van der Waals surface area contributed by atoms with Crippen molar-refractivity contribution < 1.29 is 9.47 Å². The topological polar surface area (TPSA) is 68.3 Å². The lowest BCUT2D eigenvalue weighted by molar-refractivity contribution is 0.146. The molecule has 0 aliphatic carbocycles. The molecule has 0 aliphatic rings. The van der Waals surface area contributed by atoms with E-state index in [1.165, 1.54) is 0 Å². The van der Waals surface area contributed by atoms with Crippen LogP contribution in [0.25, 0.3) is 0 Å². The summed E-state index contributed by atoms with van der Waals surface area (Å²) < 4.78 is 10.4. The Labute approximate surface area is 89.5 Å². The van der Waals surface area contributed by atoms with E-state index in [0.29, 0.717) is 18.8 Å². The summed E-state index contributed by atoms with van der Waals surface area (Å²) in [6, 6.07) is 5.43. The van der Waals surface area contributed by atoms with Crippen molar-refractivity contribution >= 4 is 5.84 Å². The highest BCUT2D eigenvalue weighted by atomic mass is 16.5. The summed E-state index contributed by atoms with van der Waals surface area (Å²) in [7, 11) is 1.63. The first-order valence-electron chi connectivity index (χ1n) is 4.72. The summed E-state index contributed by atoms with van der Waals surface area (Å²) in [6.07, 6.45) is 0. The highest BCUT2D eigenvalue weighted by molar-refractivity contribution is 5.95. The summed E-state index contributed by atoms with van der Waals surface area (Å²) in [5.41, 5.74) is 7.06. The fourth-order valence-electron chi connectivity index (χ4n) is 1.21. The van der Waals surface area contributed by atoms with Crippen LogP contribution in [0, 0.1) is 12.3 Å². The minimum absolute atomic E-state index is 0.0709. The summed E-state index contributed by atoms with van der Waals surface area (Å²) in [5.74, 6) is 0.874. The number of rotatable bonds is 5. The van der Waals surface area contributed by atoms with Crippen LogP contribution in [0.1, 0.15) is 11.1 Å². The van der Waals surface area contributed by atoms with Gasteiger partial charge in [0.25, 0.3) is 0 Å². The Bertz CT molecular complexity index is 350. The number of hydrogen-bond acceptors (Lipinski definition) is 3. The lowest BCUT2D eigenvalue weighted by Gasteiger charge is -2.09. The molecular formula is C11H16N2O2. The predicted octanol–water partition coefficient (Wildman–Crippen LogP) is 1.30. The summed E-state index contributed by atoms with van der Waals surface area (Å²) in [4.78, 5) is 0. The number of nitrogen functional groups attached to an aromatic ring is 1. The molecule has 0 bridgehead atoms. The Morgan fingerprint density at radius 3 is 2.67 bits per heavy atom. The van der Waals surface area contributed by atoms with Gasteiger partial charge in [0, 0.05) is 12.7 Å². The molecule has 0 saturated carbocycles. The fraction of sp³-hybridized carbons (Fsp3) is 0.364. The van der Waals surface area contributed by atoms with Crippen LogP contribution in [-0.4, -0.2) is 26.2 Å². The monoisotopic (exact) mass is 208 g/mol. The van der Waals surface area contributed by atoms with Crippen molar-refractivity contribution in [2.24, 2.45) is 5.73 Å². The molecule has 0 aromatic heterocycles. The van der Waals surface area contributed by atoms with Crippen LogP contribution >= 0.6 is 0 Å². The van der Waals surface area contributed by atoms with Gasteiger partial charge in [-0.2, -0.15) is 0 Å². The third-order valence-electron chi connectivity index (χ3n) is 2.03. The minimum Gasteiger partial charge on any atom is -0.491 e. The molecule has 3 N–H and O–H groups in total. The maximum Gasteiger partial charge on any atom is 0.122 e. The van der Waals surface area contributed by atoms with Gasteiger partial charge in [-0.15, -0.1) is 0 Å². The zero-order valence-electron chi connectivity index (χ0n) is 9.04. The van der Waals surface area contributed by atoms with E-state index in [1.807, 2.05) is 19.1 Å². The number of methoxy groups -OCH3 is 1. The van der Waals surface area contributed by atoms with Gasteiger partial charge in [0.15, 0.2) is 0 Å². The van der Waals surface area contributed by atoms with E-state index in [4.69, 9.17) is 20.6 Å². The molecule has 0 amide bonds. The van der Waals surface area contributed by atoms with Gasteiger partial charge in [-0.05, 0) is 30.7 Å². The molecule has 1 rings (SSSR count). The molecule has 0 spiro atoms. The standard InChI is InChI=1S/C11H16N2O2/c1-8-7-9(11(12)13)3-4-10(8)15-6-5-14-2/h3-4,7H,5-6H2,1-2H3,(H3,12,13). The van der Waals surface area contributed by atoms with Crippen molar-refractivity contribution in [3.8, 4) is 5.75 Å². The molecule has 82 valence electrons. The van der Waals surface area contributed by atoms with E-state index in [9.17, 15) is 0 Å². The van der Waals surface area contributed by atoms with Crippen LogP contribution in [0.4, 0.5) is 0 Å². The van der Waals surface area contributed by atoms with Crippen LogP contribution in [0.2, 0.25) is 0 Å². The van der Waals surface area contributed by atoms with Crippen LogP contribution < -0.4 is 10.5 Å². The molecule has 0 atom stereocenters. The number of nitrogens with two attached hydrogens (primary N) is 1. The van der Waals surface area contributed by atoms with Crippen molar-refractivity contribution in [2.75, 3.05) is 20.3 Å². The first-order chi connectivity index (χ1) is 7.15. The normalized spacial score (nSPS) is 10.0. The second-order valence-electron chi connectivity index (χ2n) is 3.24. The third kappa shape index (κ3) is 3.25. The molecule has 0 saturated heterocycles. The van der Waals surface area contributed by atoms with E-state index in [0.717, 1.165) is 11.3 Å². The molecule has 0 unspecified atom stereocenters. The Balaban J connectivity index is 2.70. The molecule has 0 radical (unpaired) electrons. The molecule has 4 heteroatoms. The highest BCUT2D eigenvalue weighted by Gasteiger charge is 2.02. The van der Waals surface area contributed by atoms with E-state index in [1.54, 1.807) is 13.2 Å². The van der Waals surface area contributed by atoms with Gasteiger partial charge in [-0.1, -0.05) is 0 Å². The zero-order valence-corrected chi connectivity index (χ0v) is 9.04. The molecule has 0 fully saturated rings. The summed E-state index contributed by atoms with van der Waals surface area (Å²) >= 11 is 0. The fourth-order valence-corrected chi connectivity index (χ4v) is 1.21. The molecule has 0 aliphatic heterocycles. The van der Waals surface area contributed by atoms with Gasteiger partial charge in [-0.25, -0.2) is 0 Å². The van der Waals surface area contributed by atoms with Gasteiger partial charge < -0.3 is 15.2 Å². The average Bonchev–Trinajstić information content (AvgIpc) is 2.20. The zero-order chi connectivity index (χ0) is 11.3. The second kappa shape index (κ2) is 5.36. The minimum atomic E-state index is 0.0709. The average molecular weight is 208 g/mol. The van der Waals surface area contributed by atoms with Gasteiger partial charge >= 0.3 is 0 Å². The Kier molecular flexibility index (Phi) is 4.12. The molecule has 1 aromatic carbocycles. The Morgan fingerprint density at radius 1 is 1.40 bits per heavy atom. The number of ether oxygens (including phenoxy) is 2. The maximum absolute atomic E-state index is 7.29. The van der Waals surface area contributed by atoms with E-state index < -0.39 is 0 Å². The summed E-state index contributed by atoms with van der Waals surface area (Å²) in [5, 5.41) is 7.29. The second-order valence-corrected chi connectivity index (χ2v) is 3.24. The highest BCUT2D eigenvalue weighted by Crippen LogP contribution is 2.18. The molecule has 1 aromatic rings. The van der Waals surface area contributed by atoms with Gasteiger partial charge in [-0.3, -0.25) is 5.41 Å². The molecule has 15 heavy (non-hydrogen) atoms. The van der Waals surface area contributed by atoms with Crippen molar-refractivity contribution in [3.05, 3.63) is 29.3 Å². The van der Waals surface area contributed by atoms with E-state index in [2.05, 4.69) is 0 Å². The van der Waals surface area contributed by atoms with Crippen LogP contribution in [0.15, 0.2) is 18.2 Å². The van der Waals surface area contributed by atoms with Crippen molar-refractivity contribution in [2.45, 2.75) is 6.92 Å².